The van der Waals surface area contributed by atoms with E-state index in [4.69, 9.17) is 14.2 Å². The highest BCUT2D eigenvalue weighted by Gasteiger charge is 2.40. The van der Waals surface area contributed by atoms with Crippen molar-refractivity contribution in [3.05, 3.63) is 30.0 Å². The van der Waals surface area contributed by atoms with Crippen LogP contribution in [0.1, 0.15) is 37.2 Å². The molecule has 2 aromatic rings. The van der Waals surface area contributed by atoms with E-state index in [2.05, 4.69) is 36.0 Å². The molecule has 1 saturated carbocycles. The van der Waals surface area contributed by atoms with E-state index in [0.29, 0.717) is 5.92 Å². The van der Waals surface area contributed by atoms with E-state index in [0.717, 1.165) is 44.6 Å². The maximum absolute atomic E-state index is 5.84. The third-order valence-corrected chi connectivity index (χ3v) is 5.23. The molecule has 0 radical (unpaired) electrons. The molecule has 1 aromatic heterocycles. The molecule has 1 aliphatic carbocycles. The van der Waals surface area contributed by atoms with Gasteiger partial charge in [0.2, 0.25) is 0 Å². The summed E-state index contributed by atoms with van der Waals surface area (Å²) in [4.78, 5) is 0. The first kappa shape index (κ1) is 14.1. The molecule has 0 amide bonds. The largest absolute Gasteiger partial charge is 0.497 e. The van der Waals surface area contributed by atoms with Gasteiger partial charge < -0.3 is 18.8 Å². The Labute approximate surface area is 131 Å². The molecule has 4 heteroatoms. The molecule has 1 saturated heterocycles. The third kappa shape index (κ3) is 2.22. The van der Waals surface area contributed by atoms with Crippen molar-refractivity contribution < 1.29 is 14.2 Å². The summed E-state index contributed by atoms with van der Waals surface area (Å²) in [6.07, 6.45) is 6.55. The standard InChI is InChI=1S/C18H23NO3/c1-19-12-16(15-4-3-14(20-2)11-17(15)19)13-5-7-18(8-6-13)21-9-10-22-18/h3-4,11-13H,5-10H2,1-2H3. The van der Waals surface area contributed by atoms with Crippen LogP contribution in [0.25, 0.3) is 10.9 Å². The molecule has 22 heavy (non-hydrogen) atoms. The van der Waals surface area contributed by atoms with Gasteiger partial charge in [0.1, 0.15) is 5.75 Å². The smallest absolute Gasteiger partial charge is 0.168 e. The Balaban J connectivity index is 1.62. The number of aryl methyl sites for hydroxylation is 1. The number of nitrogens with zero attached hydrogens (tertiary/aromatic N) is 1. The minimum absolute atomic E-state index is 0.274. The van der Waals surface area contributed by atoms with Gasteiger partial charge in [-0.2, -0.15) is 0 Å². The van der Waals surface area contributed by atoms with Crippen LogP contribution in [0.5, 0.6) is 5.75 Å². The van der Waals surface area contributed by atoms with Gasteiger partial charge in [-0.15, -0.1) is 0 Å². The zero-order chi connectivity index (χ0) is 15.2. The zero-order valence-corrected chi connectivity index (χ0v) is 13.3. The molecule has 4 nitrogen and oxygen atoms in total. The lowest BCUT2D eigenvalue weighted by Gasteiger charge is -2.35. The van der Waals surface area contributed by atoms with Crippen LogP contribution in [0.4, 0.5) is 0 Å². The maximum Gasteiger partial charge on any atom is 0.168 e. The van der Waals surface area contributed by atoms with Gasteiger partial charge in [0, 0.05) is 37.5 Å². The van der Waals surface area contributed by atoms with Crippen LogP contribution in [-0.4, -0.2) is 30.7 Å². The first-order valence-corrected chi connectivity index (χ1v) is 8.12. The molecule has 0 unspecified atom stereocenters. The van der Waals surface area contributed by atoms with Crippen molar-refractivity contribution in [2.24, 2.45) is 7.05 Å². The zero-order valence-electron chi connectivity index (χ0n) is 13.3. The first-order valence-electron chi connectivity index (χ1n) is 8.12. The Morgan fingerprint density at radius 2 is 1.91 bits per heavy atom. The number of benzene rings is 1. The fraction of sp³-hybridized carbons (Fsp3) is 0.556. The van der Waals surface area contributed by atoms with E-state index in [1.807, 2.05) is 0 Å². The van der Waals surface area contributed by atoms with Crippen LogP contribution in [0, 0.1) is 0 Å². The first-order chi connectivity index (χ1) is 10.7. The van der Waals surface area contributed by atoms with Crippen molar-refractivity contribution in [3.8, 4) is 5.75 Å². The number of hydrogen-bond donors (Lipinski definition) is 0. The van der Waals surface area contributed by atoms with Crippen molar-refractivity contribution in [1.29, 1.82) is 0 Å². The normalized spacial score (nSPS) is 21.7. The predicted molar refractivity (Wildman–Crippen MR) is 85.3 cm³/mol. The van der Waals surface area contributed by atoms with Crippen LogP contribution in [0.2, 0.25) is 0 Å². The summed E-state index contributed by atoms with van der Waals surface area (Å²) < 4.78 is 19.2. The highest BCUT2D eigenvalue weighted by atomic mass is 16.7. The van der Waals surface area contributed by atoms with Crippen molar-refractivity contribution in [2.45, 2.75) is 37.4 Å². The van der Waals surface area contributed by atoms with Crippen LogP contribution in [-0.2, 0) is 16.5 Å². The van der Waals surface area contributed by atoms with E-state index in [9.17, 15) is 0 Å². The van der Waals surface area contributed by atoms with E-state index >= 15 is 0 Å². The van der Waals surface area contributed by atoms with Gasteiger partial charge in [-0.05, 0) is 36.5 Å². The molecule has 1 spiro atoms. The fourth-order valence-corrected chi connectivity index (χ4v) is 4.00. The van der Waals surface area contributed by atoms with Crippen LogP contribution < -0.4 is 4.74 Å². The van der Waals surface area contributed by atoms with Crippen LogP contribution >= 0.6 is 0 Å². The molecule has 2 aliphatic rings. The van der Waals surface area contributed by atoms with Crippen LogP contribution in [0.3, 0.4) is 0 Å². The second-order valence-electron chi connectivity index (χ2n) is 6.46. The molecule has 0 atom stereocenters. The lowest BCUT2D eigenvalue weighted by atomic mass is 9.81. The Hall–Kier alpha value is -1.52. The molecule has 4 rings (SSSR count). The molecule has 0 bridgehead atoms. The lowest BCUT2D eigenvalue weighted by molar-refractivity contribution is -0.178. The topological polar surface area (TPSA) is 32.6 Å². The van der Waals surface area contributed by atoms with Crippen LogP contribution in [0.15, 0.2) is 24.4 Å². The van der Waals surface area contributed by atoms with Gasteiger partial charge in [-0.1, -0.05) is 0 Å². The van der Waals surface area contributed by atoms with Gasteiger partial charge in [-0.3, -0.25) is 0 Å². The predicted octanol–water partition coefficient (Wildman–Crippen LogP) is 3.59. The van der Waals surface area contributed by atoms with E-state index < -0.39 is 0 Å². The highest BCUT2D eigenvalue weighted by Crippen LogP contribution is 2.44. The SMILES string of the molecule is COc1ccc2c(C3CCC4(CC3)OCCO4)cn(C)c2c1. The van der Waals surface area contributed by atoms with Gasteiger partial charge in [0.05, 0.1) is 25.8 Å². The molecular formula is C18H23NO3. The summed E-state index contributed by atoms with van der Waals surface area (Å²) in [5.41, 5.74) is 2.69. The second-order valence-corrected chi connectivity index (χ2v) is 6.46. The maximum atomic E-state index is 5.84. The minimum atomic E-state index is -0.274. The summed E-state index contributed by atoms with van der Waals surface area (Å²) in [7, 11) is 3.83. The van der Waals surface area contributed by atoms with E-state index in [1.165, 1.54) is 16.5 Å². The Morgan fingerprint density at radius 3 is 2.59 bits per heavy atom. The average molecular weight is 301 g/mol. The molecule has 1 aromatic carbocycles. The number of hydrogen-bond acceptors (Lipinski definition) is 3. The number of ether oxygens (including phenoxy) is 3. The van der Waals surface area contributed by atoms with Crippen molar-refractivity contribution in [2.75, 3.05) is 20.3 Å². The molecule has 0 N–H and O–H groups in total. The van der Waals surface area contributed by atoms with Gasteiger partial charge >= 0.3 is 0 Å². The number of methoxy groups -OCH3 is 1. The van der Waals surface area contributed by atoms with Crippen molar-refractivity contribution in [1.82, 2.24) is 4.57 Å². The van der Waals surface area contributed by atoms with Crippen molar-refractivity contribution >= 4 is 10.9 Å². The average Bonchev–Trinajstić information content (AvgIpc) is 3.13. The number of aromatic nitrogens is 1. The van der Waals surface area contributed by atoms with Gasteiger partial charge in [-0.25, -0.2) is 0 Å². The van der Waals surface area contributed by atoms with Gasteiger partial charge in [0.25, 0.3) is 0 Å². The van der Waals surface area contributed by atoms with Crippen molar-refractivity contribution in [3.63, 3.8) is 0 Å². The Kier molecular flexibility index (Phi) is 3.39. The summed E-state index contributed by atoms with van der Waals surface area (Å²) in [5, 5.41) is 1.34. The fourth-order valence-electron chi connectivity index (χ4n) is 4.00. The molecule has 1 aliphatic heterocycles. The van der Waals surface area contributed by atoms with E-state index in [-0.39, 0.29) is 5.79 Å². The molecular weight excluding hydrogens is 278 g/mol. The summed E-state index contributed by atoms with van der Waals surface area (Å²) in [6, 6.07) is 6.36. The number of fused-ring (bicyclic) bond motifs is 1. The Bertz CT molecular complexity index is 675. The third-order valence-electron chi connectivity index (χ3n) is 5.23. The molecule has 2 heterocycles. The van der Waals surface area contributed by atoms with Gasteiger partial charge in [0.15, 0.2) is 5.79 Å². The molecule has 2 fully saturated rings. The summed E-state index contributed by atoms with van der Waals surface area (Å²) in [6.45, 7) is 1.50. The second kappa shape index (κ2) is 5.28. The minimum Gasteiger partial charge on any atom is -0.497 e. The Morgan fingerprint density at radius 1 is 1.18 bits per heavy atom. The highest BCUT2D eigenvalue weighted by molar-refractivity contribution is 5.85. The monoisotopic (exact) mass is 301 g/mol. The quantitative estimate of drug-likeness (QED) is 0.850. The summed E-state index contributed by atoms with van der Waals surface area (Å²) >= 11 is 0. The summed E-state index contributed by atoms with van der Waals surface area (Å²) in [5.74, 6) is 1.23. The number of rotatable bonds is 2. The van der Waals surface area contributed by atoms with E-state index in [1.54, 1.807) is 7.11 Å². The lowest BCUT2D eigenvalue weighted by Crippen LogP contribution is -2.34. The molecule has 118 valence electrons.